The van der Waals surface area contributed by atoms with Crippen molar-refractivity contribution >= 4 is 49.9 Å². The summed E-state index contributed by atoms with van der Waals surface area (Å²) in [5.74, 6) is 0.543. The number of nitrogens with zero attached hydrogens (tertiary/aromatic N) is 3. The molecule has 1 amide bonds. The van der Waals surface area contributed by atoms with Gasteiger partial charge in [-0.1, -0.05) is 31.2 Å². The molecule has 0 fully saturated rings. The fourth-order valence-corrected chi connectivity index (χ4v) is 5.37. The predicted molar refractivity (Wildman–Crippen MR) is 140 cm³/mol. The van der Waals surface area contributed by atoms with Gasteiger partial charge in [-0.05, 0) is 42.3 Å². The molecule has 0 aliphatic carbocycles. The van der Waals surface area contributed by atoms with Crippen LogP contribution in [-0.2, 0) is 14.6 Å². The Kier molecular flexibility index (Phi) is 7.45. The molecule has 0 aromatic heterocycles. The summed E-state index contributed by atoms with van der Waals surface area (Å²) in [7, 11) is -2.22. The minimum atomic E-state index is -3.71. The van der Waals surface area contributed by atoms with E-state index in [1.165, 1.54) is 20.1 Å². The van der Waals surface area contributed by atoms with E-state index >= 15 is 0 Å². The van der Waals surface area contributed by atoms with Crippen LogP contribution in [0.15, 0.2) is 57.4 Å². The van der Waals surface area contributed by atoms with E-state index in [9.17, 15) is 13.2 Å². The minimum absolute atomic E-state index is 0.0448. The highest BCUT2D eigenvalue weighted by molar-refractivity contribution is 8.16. The van der Waals surface area contributed by atoms with E-state index in [-0.39, 0.29) is 34.1 Å². The lowest BCUT2D eigenvalue weighted by atomic mass is 10.1. The molecule has 0 atom stereocenters. The monoisotopic (exact) mass is 528 g/mol. The van der Waals surface area contributed by atoms with Gasteiger partial charge in [0.1, 0.15) is 24.8 Å². The fourth-order valence-electron chi connectivity index (χ4n) is 3.41. The van der Waals surface area contributed by atoms with Gasteiger partial charge in [-0.25, -0.2) is 13.3 Å². The number of aliphatic imine (C=N–C) groups is 1. The van der Waals surface area contributed by atoms with Crippen LogP contribution in [0.1, 0.15) is 18.1 Å². The fraction of sp³-hybridized carbons (Fsp3) is 0.250. The molecule has 0 unspecified atom stereocenters. The van der Waals surface area contributed by atoms with E-state index in [0.717, 1.165) is 28.2 Å². The van der Waals surface area contributed by atoms with E-state index < -0.39 is 15.7 Å². The van der Waals surface area contributed by atoms with Crippen LogP contribution in [0.4, 0.5) is 0 Å². The van der Waals surface area contributed by atoms with Crippen molar-refractivity contribution in [2.45, 2.75) is 13.8 Å². The van der Waals surface area contributed by atoms with Crippen molar-refractivity contribution in [2.75, 3.05) is 26.1 Å². The molecule has 36 heavy (non-hydrogen) atoms. The summed E-state index contributed by atoms with van der Waals surface area (Å²) >= 11 is 0.758. The Morgan fingerprint density at radius 2 is 1.81 bits per heavy atom. The first-order valence-electron chi connectivity index (χ1n) is 11.0. The summed E-state index contributed by atoms with van der Waals surface area (Å²) in [4.78, 5) is 17.6. The number of aryl methyl sites for hydroxylation is 1. The number of methoxy groups -OCH3 is 1. The quantitative estimate of drug-likeness (QED) is 0.313. The highest BCUT2D eigenvalue weighted by Gasteiger charge is 2.42. The van der Waals surface area contributed by atoms with E-state index in [4.69, 9.17) is 19.6 Å². The highest BCUT2D eigenvalue weighted by Crippen LogP contribution is 2.32. The van der Waals surface area contributed by atoms with Crippen LogP contribution in [0.5, 0.6) is 17.2 Å². The normalized spacial score (nSPS) is 16.5. The van der Waals surface area contributed by atoms with Gasteiger partial charge in [-0.2, -0.15) is 9.39 Å². The lowest BCUT2D eigenvalue weighted by molar-refractivity contribution is -0.114. The molecule has 1 N–H and O–H groups in total. The molecule has 2 heterocycles. The van der Waals surface area contributed by atoms with E-state index in [1.54, 1.807) is 18.2 Å². The molecule has 2 aliphatic rings. The van der Waals surface area contributed by atoms with Crippen molar-refractivity contribution in [1.29, 1.82) is 5.41 Å². The SMILES string of the molecule is CCS(=O)(=O)C1=NSC2=NC(=O)/C(=C/c3ccc(OCCOc4ccccc4C)c(OC)c3)C(=N)N21. The minimum Gasteiger partial charge on any atom is -0.493 e. The molecule has 0 saturated heterocycles. The maximum atomic E-state index is 12.6. The third kappa shape index (κ3) is 5.14. The molecular weight excluding hydrogens is 504 g/mol. The molecule has 188 valence electrons. The van der Waals surface area contributed by atoms with Crippen molar-refractivity contribution in [1.82, 2.24) is 4.90 Å². The molecule has 0 saturated carbocycles. The second-order valence-electron chi connectivity index (χ2n) is 7.68. The molecule has 2 aliphatic heterocycles. The standard InChI is InChI=1S/C24H24N4O6S2/c1-4-36(30,31)24-27-35-23-26-22(29)17(21(25)28(23)24)13-16-9-10-19(20(14-16)32-3)34-12-11-33-18-8-6-5-7-15(18)2/h5-10,13-14,25H,4,11-12H2,1-3H3/b17-13+,25-21?. The number of rotatable bonds is 8. The number of ether oxygens (including phenoxy) is 3. The maximum Gasteiger partial charge on any atom is 0.283 e. The van der Waals surface area contributed by atoms with Gasteiger partial charge in [-0.3, -0.25) is 10.2 Å². The number of carbonyl (C=O) groups excluding carboxylic acids is 1. The van der Waals surface area contributed by atoms with Gasteiger partial charge in [0.05, 0.1) is 30.4 Å². The van der Waals surface area contributed by atoms with E-state index in [0.29, 0.717) is 23.7 Å². The summed E-state index contributed by atoms with van der Waals surface area (Å²) in [6.07, 6.45) is 1.46. The van der Waals surface area contributed by atoms with Gasteiger partial charge < -0.3 is 14.2 Å². The Bertz CT molecular complexity index is 1420. The van der Waals surface area contributed by atoms with Crippen LogP contribution in [0.2, 0.25) is 0 Å². The van der Waals surface area contributed by atoms with Crippen LogP contribution in [0.3, 0.4) is 0 Å². The van der Waals surface area contributed by atoms with Crippen molar-refractivity contribution in [3.05, 3.63) is 59.2 Å². The number of nitrogens with one attached hydrogen (secondary N) is 1. The number of hydrogen-bond acceptors (Lipinski definition) is 9. The molecule has 12 heteroatoms. The van der Waals surface area contributed by atoms with Crippen LogP contribution in [-0.4, -0.2) is 61.5 Å². The molecule has 0 spiro atoms. The zero-order valence-corrected chi connectivity index (χ0v) is 21.5. The van der Waals surface area contributed by atoms with Gasteiger partial charge in [0.15, 0.2) is 11.5 Å². The molecule has 2 aromatic rings. The summed E-state index contributed by atoms with van der Waals surface area (Å²) in [5.41, 5.74) is 1.51. The molecule has 0 radical (unpaired) electrons. The number of fused-ring (bicyclic) bond motifs is 1. The van der Waals surface area contributed by atoms with Crippen molar-refractivity contribution in [3.63, 3.8) is 0 Å². The van der Waals surface area contributed by atoms with Gasteiger partial charge in [-0.15, -0.1) is 0 Å². The maximum absolute atomic E-state index is 12.6. The Balaban J connectivity index is 1.50. The van der Waals surface area contributed by atoms with Crippen LogP contribution >= 0.6 is 11.9 Å². The number of carbonyl (C=O) groups is 1. The number of sulfone groups is 1. The number of amides is 1. The Morgan fingerprint density at radius 3 is 2.50 bits per heavy atom. The first-order chi connectivity index (χ1) is 17.2. The largest absolute Gasteiger partial charge is 0.493 e. The Hall–Kier alpha value is -3.64. The molecule has 10 nitrogen and oxygen atoms in total. The second kappa shape index (κ2) is 10.5. The highest BCUT2D eigenvalue weighted by atomic mass is 32.2. The topological polar surface area (TPSA) is 131 Å². The average Bonchev–Trinajstić information content (AvgIpc) is 3.30. The molecular formula is C24H24N4O6S2. The molecule has 2 aromatic carbocycles. The summed E-state index contributed by atoms with van der Waals surface area (Å²) in [6.45, 7) is 4.07. The first-order valence-corrected chi connectivity index (χ1v) is 13.4. The molecule has 4 rings (SSSR count). The van der Waals surface area contributed by atoms with E-state index in [1.807, 2.05) is 31.2 Å². The van der Waals surface area contributed by atoms with Crippen molar-refractivity contribution in [2.24, 2.45) is 9.39 Å². The second-order valence-corrected chi connectivity index (χ2v) is 10.6. The lowest BCUT2D eigenvalue weighted by Crippen LogP contribution is -2.45. The van der Waals surface area contributed by atoms with Gasteiger partial charge >= 0.3 is 0 Å². The average molecular weight is 529 g/mol. The zero-order chi connectivity index (χ0) is 25.9. The number of hydrogen-bond donors (Lipinski definition) is 1. The van der Waals surface area contributed by atoms with Crippen molar-refractivity contribution in [3.8, 4) is 17.2 Å². The predicted octanol–water partition coefficient (Wildman–Crippen LogP) is 3.47. The van der Waals surface area contributed by atoms with Gasteiger partial charge in [0.25, 0.3) is 5.91 Å². The third-order valence-electron chi connectivity index (χ3n) is 5.34. The molecule has 0 bridgehead atoms. The zero-order valence-electron chi connectivity index (χ0n) is 19.8. The van der Waals surface area contributed by atoms with Crippen LogP contribution in [0, 0.1) is 12.3 Å². The Morgan fingerprint density at radius 1 is 1.08 bits per heavy atom. The summed E-state index contributed by atoms with van der Waals surface area (Å²) in [5, 5.41) is 8.25. The summed E-state index contributed by atoms with van der Waals surface area (Å²) < 4.78 is 45.7. The van der Waals surface area contributed by atoms with Gasteiger partial charge in [0.2, 0.25) is 20.2 Å². The van der Waals surface area contributed by atoms with E-state index in [2.05, 4.69) is 9.39 Å². The number of para-hydroxylation sites is 1. The van der Waals surface area contributed by atoms with Crippen molar-refractivity contribution < 1.29 is 27.4 Å². The van der Waals surface area contributed by atoms with Gasteiger partial charge in [0, 0.05) is 0 Å². The van der Waals surface area contributed by atoms with Crippen LogP contribution < -0.4 is 14.2 Å². The lowest BCUT2D eigenvalue weighted by Gasteiger charge is -2.24. The number of amidine groups is 3. The smallest absolute Gasteiger partial charge is 0.283 e. The summed E-state index contributed by atoms with van der Waals surface area (Å²) in [6, 6.07) is 12.7. The Labute approximate surface area is 213 Å². The van der Waals surface area contributed by atoms with Crippen LogP contribution in [0.25, 0.3) is 6.08 Å². The third-order valence-corrected chi connectivity index (χ3v) is 7.75. The first kappa shape index (κ1) is 25.5. The number of benzene rings is 2.